The molecule has 3 rings (SSSR count). The van der Waals surface area contributed by atoms with Crippen molar-refractivity contribution in [2.75, 3.05) is 5.32 Å². The van der Waals surface area contributed by atoms with Gasteiger partial charge in [0.05, 0.1) is 5.41 Å². The van der Waals surface area contributed by atoms with Gasteiger partial charge >= 0.3 is 0 Å². The van der Waals surface area contributed by atoms with Gasteiger partial charge in [-0.3, -0.25) is 10.1 Å². The van der Waals surface area contributed by atoms with Gasteiger partial charge in [-0.25, -0.2) is 0 Å². The van der Waals surface area contributed by atoms with Gasteiger partial charge in [0.2, 0.25) is 11.0 Å². The summed E-state index contributed by atoms with van der Waals surface area (Å²) in [7, 11) is 0. The zero-order chi connectivity index (χ0) is 14.0. The summed E-state index contributed by atoms with van der Waals surface area (Å²) >= 11 is 1.45. The van der Waals surface area contributed by atoms with Crippen LogP contribution in [0.25, 0.3) is 0 Å². The molecule has 0 unspecified atom stereocenters. The van der Waals surface area contributed by atoms with Crippen LogP contribution in [0.2, 0.25) is 0 Å². The van der Waals surface area contributed by atoms with Crippen molar-refractivity contribution in [1.82, 2.24) is 10.2 Å². The molecule has 0 saturated heterocycles. The highest BCUT2D eigenvalue weighted by molar-refractivity contribution is 7.15. The molecule has 1 saturated carbocycles. The van der Waals surface area contributed by atoms with Crippen LogP contribution in [0.3, 0.4) is 0 Å². The zero-order valence-corrected chi connectivity index (χ0v) is 12.2. The number of nitrogens with one attached hydrogen (secondary N) is 1. The molecular weight excluding hydrogens is 270 g/mol. The Balaban J connectivity index is 1.81. The van der Waals surface area contributed by atoms with Crippen molar-refractivity contribution in [2.45, 2.75) is 38.0 Å². The summed E-state index contributed by atoms with van der Waals surface area (Å²) < 4.78 is 0. The van der Waals surface area contributed by atoms with E-state index < -0.39 is 0 Å². The number of hydrogen-bond donors (Lipinski definition) is 1. The molecule has 0 atom stereocenters. The Bertz CT molecular complexity index is 605. The second kappa shape index (κ2) is 5.32. The Morgan fingerprint density at radius 3 is 2.60 bits per heavy atom. The van der Waals surface area contributed by atoms with E-state index in [9.17, 15) is 4.79 Å². The van der Waals surface area contributed by atoms with Crippen LogP contribution in [0.5, 0.6) is 0 Å². The lowest BCUT2D eigenvalue weighted by molar-refractivity contribution is -0.124. The Labute approximate surface area is 122 Å². The fourth-order valence-electron chi connectivity index (χ4n) is 2.60. The van der Waals surface area contributed by atoms with Crippen LogP contribution in [0, 0.1) is 0 Å². The van der Waals surface area contributed by atoms with E-state index in [1.54, 1.807) is 0 Å². The van der Waals surface area contributed by atoms with Crippen LogP contribution in [0.15, 0.2) is 30.3 Å². The number of carbonyl (C=O) groups excluding carboxylic acids is 1. The van der Waals surface area contributed by atoms with Gasteiger partial charge in [0.15, 0.2) is 0 Å². The van der Waals surface area contributed by atoms with E-state index in [1.807, 2.05) is 37.3 Å². The van der Waals surface area contributed by atoms with E-state index in [0.717, 1.165) is 36.3 Å². The average Bonchev–Trinajstić information content (AvgIpc) is 2.86. The van der Waals surface area contributed by atoms with Gasteiger partial charge in [0.1, 0.15) is 5.01 Å². The third kappa shape index (κ3) is 2.22. The number of aromatic nitrogens is 2. The molecule has 1 N–H and O–H groups in total. The lowest BCUT2D eigenvalue weighted by Crippen LogP contribution is -2.45. The van der Waals surface area contributed by atoms with Crippen LogP contribution in [-0.2, 0) is 16.6 Å². The molecule has 5 heteroatoms. The predicted octanol–water partition coefficient (Wildman–Crippen LogP) is 3.16. The summed E-state index contributed by atoms with van der Waals surface area (Å²) in [6.07, 6.45) is 3.75. The molecule has 20 heavy (non-hydrogen) atoms. The van der Waals surface area contributed by atoms with Crippen molar-refractivity contribution in [2.24, 2.45) is 0 Å². The first-order valence-electron chi connectivity index (χ1n) is 6.94. The van der Waals surface area contributed by atoms with Gasteiger partial charge in [-0.2, -0.15) is 0 Å². The highest BCUT2D eigenvalue weighted by Crippen LogP contribution is 2.44. The second-order valence-corrected chi connectivity index (χ2v) is 6.17. The minimum Gasteiger partial charge on any atom is -0.300 e. The minimum atomic E-state index is -0.376. The molecule has 4 nitrogen and oxygen atoms in total. The van der Waals surface area contributed by atoms with Crippen LogP contribution in [0.4, 0.5) is 5.13 Å². The maximum atomic E-state index is 12.6. The number of nitrogens with zero attached hydrogens (tertiary/aromatic N) is 2. The van der Waals surface area contributed by atoms with E-state index in [-0.39, 0.29) is 11.3 Å². The number of carbonyl (C=O) groups is 1. The first kappa shape index (κ1) is 13.2. The van der Waals surface area contributed by atoms with Crippen molar-refractivity contribution >= 4 is 22.4 Å². The highest BCUT2D eigenvalue weighted by Gasteiger charge is 2.45. The monoisotopic (exact) mass is 287 g/mol. The van der Waals surface area contributed by atoms with Crippen molar-refractivity contribution in [1.29, 1.82) is 0 Å². The highest BCUT2D eigenvalue weighted by atomic mass is 32.1. The molecule has 0 aliphatic heterocycles. The maximum absolute atomic E-state index is 12.6. The summed E-state index contributed by atoms with van der Waals surface area (Å²) in [6.45, 7) is 2.03. The summed E-state index contributed by atoms with van der Waals surface area (Å²) in [4.78, 5) is 12.6. The Hall–Kier alpha value is -1.75. The van der Waals surface area contributed by atoms with Gasteiger partial charge in [-0.15, -0.1) is 10.2 Å². The molecule has 104 valence electrons. The Morgan fingerprint density at radius 1 is 1.30 bits per heavy atom. The second-order valence-electron chi connectivity index (χ2n) is 5.11. The normalized spacial score (nSPS) is 16.4. The van der Waals surface area contributed by atoms with E-state index in [1.165, 1.54) is 11.3 Å². The van der Waals surface area contributed by atoms with Crippen molar-refractivity contribution in [3.63, 3.8) is 0 Å². The Morgan fingerprint density at radius 2 is 2.05 bits per heavy atom. The van der Waals surface area contributed by atoms with E-state index in [4.69, 9.17) is 0 Å². The smallest absolute Gasteiger partial charge is 0.236 e. The fraction of sp³-hybridized carbons (Fsp3) is 0.400. The van der Waals surface area contributed by atoms with E-state index in [0.29, 0.717) is 5.13 Å². The molecule has 1 aliphatic carbocycles. The van der Waals surface area contributed by atoms with Crippen LogP contribution >= 0.6 is 11.3 Å². The maximum Gasteiger partial charge on any atom is 0.236 e. The number of benzene rings is 1. The first-order chi connectivity index (χ1) is 9.74. The van der Waals surface area contributed by atoms with Crippen molar-refractivity contribution in [3.8, 4) is 0 Å². The molecule has 1 heterocycles. The molecule has 0 radical (unpaired) electrons. The fourth-order valence-corrected chi connectivity index (χ4v) is 3.27. The summed E-state index contributed by atoms with van der Waals surface area (Å²) in [6, 6.07) is 10.0. The predicted molar refractivity (Wildman–Crippen MR) is 79.9 cm³/mol. The first-order valence-corrected chi connectivity index (χ1v) is 7.75. The van der Waals surface area contributed by atoms with E-state index >= 15 is 0 Å². The molecule has 1 aromatic heterocycles. The minimum absolute atomic E-state index is 0.0498. The van der Waals surface area contributed by atoms with Crippen molar-refractivity contribution in [3.05, 3.63) is 40.9 Å². The number of amides is 1. The lowest BCUT2D eigenvalue weighted by atomic mass is 9.64. The van der Waals surface area contributed by atoms with Crippen LogP contribution < -0.4 is 5.32 Å². The third-order valence-electron chi connectivity index (χ3n) is 3.96. The zero-order valence-electron chi connectivity index (χ0n) is 11.4. The van der Waals surface area contributed by atoms with Gasteiger partial charge in [0, 0.05) is 0 Å². The summed E-state index contributed by atoms with van der Waals surface area (Å²) in [5.74, 6) is 0.0498. The quantitative estimate of drug-likeness (QED) is 0.939. The van der Waals surface area contributed by atoms with Crippen LogP contribution in [-0.4, -0.2) is 16.1 Å². The molecule has 0 bridgehead atoms. The summed E-state index contributed by atoms with van der Waals surface area (Å²) in [5.41, 5.74) is 0.725. The number of hydrogen-bond acceptors (Lipinski definition) is 4. The molecule has 0 spiro atoms. The summed E-state index contributed by atoms with van der Waals surface area (Å²) in [5, 5.41) is 12.6. The SMILES string of the molecule is CCc1nnc(NC(=O)C2(c3ccccc3)CCC2)s1. The topological polar surface area (TPSA) is 54.9 Å². The molecule has 1 amide bonds. The van der Waals surface area contributed by atoms with Gasteiger partial charge in [0.25, 0.3) is 0 Å². The third-order valence-corrected chi connectivity index (χ3v) is 4.94. The molecule has 2 aromatic rings. The largest absolute Gasteiger partial charge is 0.300 e. The van der Waals surface area contributed by atoms with Gasteiger partial charge in [-0.1, -0.05) is 55.0 Å². The standard InChI is InChI=1S/C15H17N3OS/c1-2-12-17-18-14(20-12)16-13(19)15(9-6-10-15)11-7-4-3-5-8-11/h3-5,7-8H,2,6,9-10H2,1H3,(H,16,18,19). The lowest BCUT2D eigenvalue weighted by Gasteiger charge is -2.40. The molecule has 1 aliphatic rings. The number of aryl methyl sites for hydroxylation is 1. The molecule has 1 fully saturated rings. The molecule has 1 aromatic carbocycles. The molecular formula is C15H17N3OS. The number of anilines is 1. The van der Waals surface area contributed by atoms with Gasteiger partial charge in [-0.05, 0) is 24.8 Å². The van der Waals surface area contributed by atoms with Gasteiger partial charge < -0.3 is 0 Å². The van der Waals surface area contributed by atoms with E-state index in [2.05, 4.69) is 15.5 Å². The number of rotatable bonds is 4. The van der Waals surface area contributed by atoms with Crippen LogP contribution in [0.1, 0.15) is 36.8 Å². The average molecular weight is 287 g/mol. The van der Waals surface area contributed by atoms with Crippen molar-refractivity contribution < 1.29 is 4.79 Å². The Kier molecular flexibility index (Phi) is 3.53.